The fourth-order valence-electron chi connectivity index (χ4n) is 2.88. The van der Waals surface area contributed by atoms with Gasteiger partial charge in [0.1, 0.15) is 18.1 Å². The van der Waals surface area contributed by atoms with Crippen molar-refractivity contribution in [1.29, 1.82) is 0 Å². The Kier molecular flexibility index (Phi) is 11.7. The molecule has 0 unspecified atom stereocenters. The molecule has 0 fully saturated rings. The lowest BCUT2D eigenvalue weighted by Gasteiger charge is -2.27. The fraction of sp³-hybridized carbons (Fsp3) is 0.824. The molecule has 1 aromatic rings. The largest absolute Gasteiger partial charge is 1.00 e. The summed E-state index contributed by atoms with van der Waals surface area (Å²) in [7, 11) is -0.877. The molecule has 0 atom stereocenters. The third-order valence-corrected chi connectivity index (χ3v) is 8.91. The lowest BCUT2D eigenvalue weighted by atomic mass is 10.4. The Balaban J connectivity index is 0.00000400. The molecule has 1 aromatic heterocycles. The average Bonchev–Trinajstić information content (AvgIpc) is 2.85. The van der Waals surface area contributed by atoms with Gasteiger partial charge in [0.05, 0.1) is 18.5 Å². The number of aromatic nitrogens is 1. The molecule has 0 radical (unpaired) electrons. The highest BCUT2D eigenvalue weighted by molar-refractivity contribution is 7.75. The van der Waals surface area contributed by atoms with Gasteiger partial charge < -0.3 is 21.4 Å². The van der Waals surface area contributed by atoms with Crippen LogP contribution >= 0.6 is 7.26 Å². The minimum Gasteiger partial charge on any atom is -1.00 e. The SMILES string of the molecule is CCCC[P+](CCCC)(CCCC)Cc1coc(C)n1.[Br-]. The monoisotopic (exact) mass is 377 g/mol. The predicted octanol–water partition coefficient (Wildman–Crippen LogP) is 2.90. The van der Waals surface area contributed by atoms with E-state index in [1.54, 1.807) is 0 Å². The molecule has 0 saturated carbocycles. The van der Waals surface area contributed by atoms with Crippen molar-refractivity contribution in [3.63, 3.8) is 0 Å². The Morgan fingerprint density at radius 3 is 1.76 bits per heavy atom. The van der Waals surface area contributed by atoms with Crippen LogP contribution in [0.4, 0.5) is 0 Å². The average molecular weight is 378 g/mol. The molecule has 1 rings (SSSR count). The van der Waals surface area contributed by atoms with E-state index in [2.05, 4.69) is 25.8 Å². The van der Waals surface area contributed by atoms with E-state index >= 15 is 0 Å². The van der Waals surface area contributed by atoms with Crippen LogP contribution in [0.1, 0.15) is 70.9 Å². The lowest BCUT2D eigenvalue weighted by Crippen LogP contribution is -3.00. The summed E-state index contributed by atoms with van der Waals surface area (Å²) in [4.78, 5) is 4.58. The first-order chi connectivity index (χ1) is 9.65. The first-order valence-corrected chi connectivity index (χ1v) is 10.9. The van der Waals surface area contributed by atoms with Gasteiger partial charge in [-0.15, -0.1) is 0 Å². The molecule has 1 heterocycles. The summed E-state index contributed by atoms with van der Waals surface area (Å²) in [5.74, 6) is 0.819. The van der Waals surface area contributed by atoms with Gasteiger partial charge in [0.2, 0.25) is 0 Å². The number of hydrogen-bond acceptors (Lipinski definition) is 2. The second-order valence-electron chi connectivity index (χ2n) is 6.09. The number of aryl methyl sites for hydroxylation is 1. The number of halogens is 1. The maximum absolute atomic E-state index is 5.43. The summed E-state index contributed by atoms with van der Waals surface area (Å²) in [5.41, 5.74) is 1.21. The molecule has 0 aliphatic heterocycles. The summed E-state index contributed by atoms with van der Waals surface area (Å²) in [6.45, 7) is 8.89. The topological polar surface area (TPSA) is 26.0 Å². The highest BCUT2D eigenvalue weighted by atomic mass is 79.9. The zero-order valence-corrected chi connectivity index (χ0v) is 16.8. The van der Waals surface area contributed by atoms with Crippen LogP contribution in [0.25, 0.3) is 0 Å². The van der Waals surface area contributed by atoms with Crippen LogP contribution < -0.4 is 17.0 Å². The number of unbranched alkanes of at least 4 members (excludes halogenated alkanes) is 3. The maximum Gasteiger partial charge on any atom is 0.191 e. The number of nitrogens with zero attached hydrogens (tertiary/aromatic N) is 1. The first-order valence-electron chi connectivity index (χ1n) is 8.42. The van der Waals surface area contributed by atoms with E-state index in [0.717, 1.165) is 5.89 Å². The molecular weight excluding hydrogens is 345 g/mol. The van der Waals surface area contributed by atoms with Crippen molar-refractivity contribution in [2.45, 2.75) is 72.4 Å². The van der Waals surface area contributed by atoms with Gasteiger partial charge in [0, 0.05) is 14.2 Å². The van der Waals surface area contributed by atoms with E-state index < -0.39 is 7.26 Å². The van der Waals surface area contributed by atoms with E-state index in [1.165, 1.54) is 68.9 Å². The summed E-state index contributed by atoms with van der Waals surface area (Å²) < 4.78 is 5.43. The zero-order chi connectivity index (χ0) is 14.8. The molecule has 0 aliphatic rings. The fourth-order valence-corrected chi connectivity index (χ4v) is 7.82. The normalized spacial score (nSPS) is 11.4. The number of oxazole rings is 1. The summed E-state index contributed by atoms with van der Waals surface area (Å²) in [6, 6.07) is 0. The minimum absolute atomic E-state index is 0. The van der Waals surface area contributed by atoms with Crippen LogP contribution in [-0.2, 0) is 6.16 Å². The van der Waals surface area contributed by atoms with Gasteiger partial charge in [-0.05, 0) is 19.3 Å². The minimum atomic E-state index is -0.877. The van der Waals surface area contributed by atoms with Gasteiger partial charge in [-0.1, -0.05) is 40.0 Å². The van der Waals surface area contributed by atoms with Crippen molar-refractivity contribution in [3.8, 4) is 0 Å². The second kappa shape index (κ2) is 11.7. The van der Waals surface area contributed by atoms with E-state index in [4.69, 9.17) is 4.42 Å². The van der Waals surface area contributed by atoms with E-state index in [-0.39, 0.29) is 17.0 Å². The lowest BCUT2D eigenvalue weighted by molar-refractivity contribution is -0.00000534. The summed E-state index contributed by atoms with van der Waals surface area (Å²) in [6.07, 6.45) is 15.6. The van der Waals surface area contributed by atoms with Crippen LogP contribution in [0.5, 0.6) is 0 Å². The first kappa shape index (κ1) is 21.1. The molecule has 2 nitrogen and oxygen atoms in total. The Hall–Kier alpha value is 0.120. The van der Waals surface area contributed by atoms with Crippen molar-refractivity contribution >= 4 is 7.26 Å². The third-order valence-electron chi connectivity index (χ3n) is 4.12. The molecule has 4 heteroatoms. The van der Waals surface area contributed by atoms with Gasteiger partial charge in [-0.2, -0.15) is 0 Å². The zero-order valence-electron chi connectivity index (χ0n) is 14.3. The molecule has 0 saturated heterocycles. The molecule has 21 heavy (non-hydrogen) atoms. The van der Waals surface area contributed by atoms with Crippen molar-refractivity contribution in [3.05, 3.63) is 17.8 Å². The van der Waals surface area contributed by atoms with Gasteiger partial charge >= 0.3 is 0 Å². The van der Waals surface area contributed by atoms with Crippen LogP contribution in [-0.4, -0.2) is 23.5 Å². The number of hydrogen-bond donors (Lipinski definition) is 0. The maximum atomic E-state index is 5.43. The van der Waals surface area contributed by atoms with Crippen LogP contribution in [0.2, 0.25) is 0 Å². The standard InChI is InChI=1S/C17H33NOP.BrH/c1-5-8-11-20(12-9-6-2,13-10-7-3)15-17-14-19-16(4)18-17;/h14H,5-13,15H2,1-4H3;1H/q+1;/p-1. The van der Waals surface area contributed by atoms with E-state index in [9.17, 15) is 0 Å². The van der Waals surface area contributed by atoms with Crippen molar-refractivity contribution < 1.29 is 21.4 Å². The smallest absolute Gasteiger partial charge is 0.191 e. The van der Waals surface area contributed by atoms with Crippen LogP contribution in [0, 0.1) is 6.92 Å². The molecule has 0 aromatic carbocycles. The van der Waals surface area contributed by atoms with Gasteiger partial charge in [0.15, 0.2) is 5.89 Å². The van der Waals surface area contributed by atoms with Crippen molar-refractivity contribution in [2.75, 3.05) is 18.5 Å². The highest BCUT2D eigenvalue weighted by Gasteiger charge is 2.36. The van der Waals surface area contributed by atoms with Crippen molar-refractivity contribution in [1.82, 2.24) is 4.98 Å². The molecular formula is C17H33BrNOP. The van der Waals surface area contributed by atoms with Crippen LogP contribution in [0.3, 0.4) is 0 Å². The summed E-state index contributed by atoms with van der Waals surface area (Å²) in [5, 5.41) is 0. The Morgan fingerprint density at radius 1 is 0.952 bits per heavy atom. The van der Waals surface area contributed by atoms with Crippen LogP contribution in [0.15, 0.2) is 10.7 Å². The van der Waals surface area contributed by atoms with Gasteiger partial charge in [0.25, 0.3) is 0 Å². The molecule has 0 N–H and O–H groups in total. The second-order valence-corrected chi connectivity index (χ2v) is 10.4. The molecule has 0 spiro atoms. The quantitative estimate of drug-likeness (QED) is 0.554. The Bertz CT molecular complexity index is 346. The summed E-state index contributed by atoms with van der Waals surface area (Å²) >= 11 is 0. The van der Waals surface area contributed by atoms with E-state index in [1.807, 2.05) is 13.2 Å². The molecule has 0 aliphatic carbocycles. The van der Waals surface area contributed by atoms with Gasteiger partial charge in [-0.25, -0.2) is 4.98 Å². The highest BCUT2D eigenvalue weighted by Crippen LogP contribution is 2.63. The number of rotatable bonds is 11. The van der Waals surface area contributed by atoms with Crippen molar-refractivity contribution in [2.24, 2.45) is 0 Å². The van der Waals surface area contributed by atoms with Gasteiger partial charge in [-0.3, -0.25) is 0 Å². The Labute approximate surface area is 142 Å². The molecule has 0 bridgehead atoms. The van der Waals surface area contributed by atoms with E-state index in [0.29, 0.717) is 0 Å². The predicted molar refractivity (Wildman–Crippen MR) is 91.2 cm³/mol. The third kappa shape index (κ3) is 7.79. The molecule has 0 amide bonds. The Morgan fingerprint density at radius 2 is 1.43 bits per heavy atom. The molecule has 124 valence electrons.